The first-order valence-electron chi connectivity index (χ1n) is 9.33. The number of hydrogen-bond donors (Lipinski definition) is 2. The number of nitrogens with one attached hydrogen (secondary N) is 2. The molecule has 0 radical (unpaired) electrons. The van der Waals surface area contributed by atoms with Gasteiger partial charge >= 0.3 is 0 Å². The highest BCUT2D eigenvalue weighted by Crippen LogP contribution is 2.27. The summed E-state index contributed by atoms with van der Waals surface area (Å²) in [6.07, 6.45) is 1.44. The second-order valence-corrected chi connectivity index (χ2v) is 7.84. The Balaban J connectivity index is 1.42. The number of fused-ring (bicyclic) bond motifs is 1. The van der Waals surface area contributed by atoms with Gasteiger partial charge in [0.2, 0.25) is 0 Å². The molecule has 4 rings (SSSR count). The normalized spacial score (nSPS) is 10.7. The predicted octanol–water partition coefficient (Wildman–Crippen LogP) is 4.99. The summed E-state index contributed by atoms with van der Waals surface area (Å²) in [6.45, 7) is 2.25. The average molecular weight is 420 g/mol. The summed E-state index contributed by atoms with van der Waals surface area (Å²) >= 11 is 1.24. The number of furan rings is 1. The van der Waals surface area contributed by atoms with Gasteiger partial charge < -0.3 is 19.8 Å². The number of carbonyl (C=O) groups excluding carboxylic acids is 2. The molecule has 0 fully saturated rings. The van der Waals surface area contributed by atoms with Gasteiger partial charge in [0.15, 0.2) is 5.76 Å². The topological polar surface area (TPSA) is 80.6 Å². The number of benzene rings is 2. The lowest BCUT2D eigenvalue weighted by atomic mass is 10.1. The van der Waals surface area contributed by atoms with Gasteiger partial charge in [-0.3, -0.25) is 9.59 Å². The van der Waals surface area contributed by atoms with E-state index in [1.54, 1.807) is 25.3 Å². The van der Waals surface area contributed by atoms with Crippen molar-refractivity contribution < 1.29 is 18.7 Å². The fourth-order valence-electron chi connectivity index (χ4n) is 3.12. The van der Waals surface area contributed by atoms with Crippen LogP contribution in [0.25, 0.3) is 10.8 Å². The van der Waals surface area contributed by atoms with Crippen LogP contribution in [0.3, 0.4) is 0 Å². The second kappa shape index (κ2) is 8.42. The van der Waals surface area contributed by atoms with Crippen molar-refractivity contribution >= 4 is 38.9 Å². The van der Waals surface area contributed by atoms with Crippen molar-refractivity contribution in [2.24, 2.45) is 0 Å². The minimum Gasteiger partial charge on any atom is -0.497 e. The van der Waals surface area contributed by atoms with Crippen molar-refractivity contribution in [1.29, 1.82) is 0 Å². The molecule has 0 bridgehead atoms. The van der Waals surface area contributed by atoms with E-state index in [0.717, 1.165) is 27.6 Å². The fraction of sp³-hybridized carbons (Fsp3) is 0.130. The first-order valence-corrected chi connectivity index (χ1v) is 10.2. The average Bonchev–Trinajstić information content (AvgIpc) is 3.41. The Morgan fingerprint density at radius 2 is 1.83 bits per heavy atom. The molecule has 0 unspecified atom stereocenters. The molecule has 2 N–H and O–H groups in total. The second-order valence-electron chi connectivity index (χ2n) is 6.78. The molecule has 0 saturated heterocycles. The Labute approximate surface area is 177 Å². The Bertz CT molecular complexity index is 1210. The summed E-state index contributed by atoms with van der Waals surface area (Å²) in [5.41, 5.74) is 1.81. The predicted molar refractivity (Wildman–Crippen MR) is 117 cm³/mol. The third-order valence-corrected chi connectivity index (χ3v) is 5.82. The summed E-state index contributed by atoms with van der Waals surface area (Å²) in [5.74, 6) is 0.513. The fourth-order valence-corrected chi connectivity index (χ4v) is 4.11. The van der Waals surface area contributed by atoms with Crippen LogP contribution in [0.5, 0.6) is 5.75 Å². The Hall–Kier alpha value is -3.58. The molecule has 0 atom stereocenters. The molecule has 0 saturated carbocycles. The van der Waals surface area contributed by atoms with E-state index in [2.05, 4.69) is 10.6 Å². The van der Waals surface area contributed by atoms with Crippen LogP contribution in [0.2, 0.25) is 0 Å². The molecule has 2 aromatic heterocycles. The Morgan fingerprint density at radius 1 is 1.03 bits per heavy atom. The van der Waals surface area contributed by atoms with Crippen molar-refractivity contribution in [3.05, 3.63) is 82.6 Å². The number of aryl methyl sites for hydroxylation is 1. The number of carbonyl (C=O) groups is 2. The maximum absolute atomic E-state index is 12.7. The number of anilines is 1. The van der Waals surface area contributed by atoms with Crippen molar-refractivity contribution in [2.75, 3.05) is 12.4 Å². The van der Waals surface area contributed by atoms with E-state index in [1.807, 2.05) is 43.3 Å². The standard InChI is InChI=1S/C23H20N2O4S/c1-14-10-20(25-22(26)19-4-3-9-29-19)30-21(14)23(27)24-13-15-5-6-17-12-18(28-2)8-7-16(17)11-15/h3-12H,13H2,1-2H3,(H,24,27)(H,25,26). The summed E-state index contributed by atoms with van der Waals surface area (Å²) in [5, 5.41) is 8.47. The Morgan fingerprint density at radius 3 is 2.60 bits per heavy atom. The molecular formula is C23H20N2O4S. The summed E-state index contributed by atoms with van der Waals surface area (Å²) < 4.78 is 10.3. The lowest BCUT2D eigenvalue weighted by molar-refractivity contribution is 0.0953. The van der Waals surface area contributed by atoms with Crippen molar-refractivity contribution in [1.82, 2.24) is 5.32 Å². The Kier molecular flexibility index (Phi) is 5.54. The van der Waals surface area contributed by atoms with Gasteiger partial charge in [-0.1, -0.05) is 18.2 Å². The van der Waals surface area contributed by atoms with Gasteiger partial charge in [0.05, 0.1) is 23.3 Å². The van der Waals surface area contributed by atoms with Gasteiger partial charge in [-0.05, 0) is 65.2 Å². The smallest absolute Gasteiger partial charge is 0.291 e. The van der Waals surface area contributed by atoms with E-state index in [0.29, 0.717) is 16.4 Å². The minimum atomic E-state index is -0.346. The molecule has 4 aromatic rings. The minimum absolute atomic E-state index is 0.175. The van der Waals surface area contributed by atoms with E-state index in [4.69, 9.17) is 9.15 Å². The monoisotopic (exact) mass is 420 g/mol. The van der Waals surface area contributed by atoms with E-state index in [-0.39, 0.29) is 17.6 Å². The number of methoxy groups -OCH3 is 1. The van der Waals surface area contributed by atoms with Crippen LogP contribution >= 0.6 is 11.3 Å². The van der Waals surface area contributed by atoms with Crippen molar-refractivity contribution in [3.8, 4) is 5.75 Å². The number of amides is 2. The van der Waals surface area contributed by atoms with E-state index in [1.165, 1.54) is 17.6 Å². The lowest BCUT2D eigenvalue weighted by Crippen LogP contribution is -2.22. The van der Waals surface area contributed by atoms with Gasteiger partial charge in [0.25, 0.3) is 11.8 Å². The molecule has 30 heavy (non-hydrogen) atoms. The number of thiophene rings is 1. The third kappa shape index (κ3) is 4.21. The van der Waals surface area contributed by atoms with Gasteiger partial charge in [0, 0.05) is 6.54 Å². The maximum Gasteiger partial charge on any atom is 0.291 e. The molecule has 2 amide bonds. The van der Waals surface area contributed by atoms with Crippen LogP contribution in [0.1, 0.15) is 31.4 Å². The summed E-state index contributed by atoms with van der Waals surface area (Å²) in [6, 6.07) is 17.0. The highest BCUT2D eigenvalue weighted by Gasteiger charge is 2.16. The zero-order chi connectivity index (χ0) is 21.1. The van der Waals surface area contributed by atoms with Crippen molar-refractivity contribution in [3.63, 3.8) is 0 Å². The largest absolute Gasteiger partial charge is 0.497 e. The molecule has 0 aliphatic rings. The molecule has 0 spiro atoms. The molecular weight excluding hydrogens is 400 g/mol. The first kappa shape index (κ1) is 19.7. The van der Waals surface area contributed by atoms with Gasteiger partial charge in [-0.15, -0.1) is 11.3 Å². The highest BCUT2D eigenvalue weighted by atomic mass is 32.1. The SMILES string of the molecule is COc1ccc2cc(CNC(=O)c3sc(NC(=O)c4ccco4)cc3C)ccc2c1. The molecule has 7 heteroatoms. The zero-order valence-corrected chi connectivity index (χ0v) is 17.3. The van der Waals surface area contributed by atoms with Crippen LogP contribution < -0.4 is 15.4 Å². The van der Waals surface area contributed by atoms with Gasteiger partial charge in [-0.2, -0.15) is 0 Å². The van der Waals surface area contributed by atoms with Crippen LogP contribution in [-0.2, 0) is 6.54 Å². The lowest BCUT2D eigenvalue weighted by Gasteiger charge is -2.07. The third-order valence-electron chi connectivity index (χ3n) is 4.67. The summed E-state index contributed by atoms with van der Waals surface area (Å²) in [7, 11) is 1.64. The van der Waals surface area contributed by atoms with E-state index < -0.39 is 0 Å². The van der Waals surface area contributed by atoms with Crippen LogP contribution in [-0.4, -0.2) is 18.9 Å². The first-order chi connectivity index (χ1) is 14.5. The van der Waals surface area contributed by atoms with Crippen LogP contribution in [0, 0.1) is 6.92 Å². The van der Waals surface area contributed by atoms with Crippen LogP contribution in [0.4, 0.5) is 5.00 Å². The van der Waals surface area contributed by atoms with Crippen LogP contribution in [0.15, 0.2) is 65.3 Å². The molecule has 2 heterocycles. The van der Waals surface area contributed by atoms with Crippen molar-refractivity contribution in [2.45, 2.75) is 13.5 Å². The highest BCUT2D eigenvalue weighted by molar-refractivity contribution is 7.18. The molecule has 0 aliphatic heterocycles. The number of hydrogen-bond acceptors (Lipinski definition) is 5. The zero-order valence-electron chi connectivity index (χ0n) is 16.5. The molecule has 6 nitrogen and oxygen atoms in total. The maximum atomic E-state index is 12.7. The molecule has 2 aromatic carbocycles. The van der Waals surface area contributed by atoms with Gasteiger partial charge in [0.1, 0.15) is 5.75 Å². The molecule has 0 aliphatic carbocycles. The number of ether oxygens (including phenoxy) is 1. The summed E-state index contributed by atoms with van der Waals surface area (Å²) in [4.78, 5) is 25.3. The molecule has 152 valence electrons. The van der Waals surface area contributed by atoms with E-state index in [9.17, 15) is 9.59 Å². The van der Waals surface area contributed by atoms with Gasteiger partial charge in [-0.25, -0.2) is 0 Å². The quantitative estimate of drug-likeness (QED) is 0.460. The number of rotatable bonds is 6. The van der Waals surface area contributed by atoms with E-state index >= 15 is 0 Å².